The second-order valence-electron chi connectivity index (χ2n) is 4.11. The van der Waals surface area contributed by atoms with E-state index >= 15 is 0 Å². The van der Waals surface area contributed by atoms with Crippen molar-refractivity contribution in [3.05, 3.63) is 22.2 Å². The molecule has 0 spiro atoms. The quantitative estimate of drug-likeness (QED) is 0.728. The van der Waals surface area contributed by atoms with Gasteiger partial charge in [0.2, 0.25) is 5.91 Å². The molecule has 0 aliphatic rings. The molecule has 0 saturated carbocycles. The van der Waals surface area contributed by atoms with Gasteiger partial charge in [-0.1, -0.05) is 30.1 Å². The van der Waals surface area contributed by atoms with Gasteiger partial charge in [-0.15, -0.1) is 11.8 Å². The van der Waals surface area contributed by atoms with E-state index in [4.69, 9.17) is 34.0 Å². The molecule has 0 aliphatic carbocycles. The monoisotopic (exact) mass is 322 g/mol. The molecule has 1 aromatic rings. The van der Waals surface area contributed by atoms with E-state index in [1.165, 1.54) is 23.9 Å². The maximum atomic E-state index is 12.0. The Bertz CT molecular complexity index is 448. The molecule has 0 aromatic heterocycles. The molecular formula is C12H16Cl2N2O2S. The van der Waals surface area contributed by atoms with Crippen molar-refractivity contribution >= 4 is 52.2 Å². The second kappa shape index (κ2) is 7.24. The molecule has 1 rings (SSSR count). The molecule has 2 unspecified atom stereocenters. The van der Waals surface area contributed by atoms with Crippen molar-refractivity contribution in [2.45, 2.75) is 24.3 Å². The predicted molar refractivity (Wildman–Crippen MR) is 83.1 cm³/mol. The SMILES string of the molecule is CC(CO)SC(C)C(=O)Nc1c(N)cc(Cl)cc1Cl. The standard InChI is InChI=1S/C12H16Cl2N2O2S/c1-6(5-17)19-7(2)12(18)16-11-9(14)3-8(13)4-10(11)15/h3-4,6-7,17H,5,15H2,1-2H3,(H,16,18). The molecule has 0 radical (unpaired) electrons. The first-order valence-electron chi connectivity index (χ1n) is 5.66. The van der Waals surface area contributed by atoms with Gasteiger partial charge in [0.1, 0.15) is 0 Å². The Balaban J connectivity index is 2.77. The van der Waals surface area contributed by atoms with Crippen LogP contribution in [0.15, 0.2) is 12.1 Å². The van der Waals surface area contributed by atoms with E-state index in [2.05, 4.69) is 5.32 Å². The highest BCUT2D eigenvalue weighted by Crippen LogP contribution is 2.32. The second-order valence-corrected chi connectivity index (χ2v) is 6.74. The molecule has 1 aromatic carbocycles. The smallest absolute Gasteiger partial charge is 0.237 e. The van der Waals surface area contributed by atoms with Gasteiger partial charge in [0.25, 0.3) is 0 Å². The van der Waals surface area contributed by atoms with Crippen molar-refractivity contribution in [3.8, 4) is 0 Å². The fourth-order valence-corrected chi connectivity index (χ4v) is 2.93. The summed E-state index contributed by atoms with van der Waals surface area (Å²) in [7, 11) is 0. The molecule has 4 N–H and O–H groups in total. The molecule has 0 heterocycles. The summed E-state index contributed by atoms with van der Waals surface area (Å²) >= 11 is 13.2. The molecule has 0 saturated heterocycles. The number of nitrogens with two attached hydrogens (primary N) is 1. The fraction of sp³-hybridized carbons (Fsp3) is 0.417. The largest absolute Gasteiger partial charge is 0.397 e. The van der Waals surface area contributed by atoms with Crippen LogP contribution in [0.3, 0.4) is 0 Å². The van der Waals surface area contributed by atoms with Gasteiger partial charge in [0, 0.05) is 10.3 Å². The molecule has 19 heavy (non-hydrogen) atoms. The zero-order valence-corrected chi connectivity index (χ0v) is 12.9. The van der Waals surface area contributed by atoms with Crippen LogP contribution in [0, 0.1) is 0 Å². The lowest BCUT2D eigenvalue weighted by Gasteiger charge is -2.17. The van der Waals surface area contributed by atoms with Crippen LogP contribution >= 0.6 is 35.0 Å². The molecule has 1 amide bonds. The van der Waals surface area contributed by atoms with Crippen molar-refractivity contribution in [2.75, 3.05) is 17.7 Å². The highest BCUT2D eigenvalue weighted by Gasteiger charge is 2.18. The molecule has 4 nitrogen and oxygen atoms in total. The van der Waals surface area contributed by atoms with E-state index in [0.717, 1.165) is 0 Å². The van der Waals surface area contributed by atoms with Gasteiger partial charge in [0.15, 0.2) is 0 Å². The molecule has 0 fully saturated rings. The summed E-state index contributed by atoms with van der Waals surface area (Å²) in [5.74, 6) is -0.221. The number of aliphatic hydroxyl groups is 1. The van der Waals surface area contributed by atoms with Crippen LogP contribution in [0.4, 0.5) is 11.4 Å². The number of benzene rings is 1. The number of thioether (sulfide) groups is 1. The van der Waals surface area contributed by atoms with Crippen LogP contribution in [0.5, 0.6) is 0 Å². The van der Waals surface area contributed by atoms with E-state index in [9.17, 15) is 4.79 Å². The fourth-order valence-electron chi connectivity index (χ4n) is 1.40. The summed E-state index contributed by atoms with van der Waals surface area (Å²) in [5, 5.41) is 12.0. The minimum Gasteiger partial charge on any atom is -0.397 e. The number of carbonyl (C=O) groups is 1. The zero-order chi connectivity index (χ0) is 14.6. The van der Waals surface area contributed by atoms with Gasteiger partial charge in [-0.05, 0) is 19.1 Å². The van der Waals surface area contributed by atoms with Crippen molar-refractivity contribution < 1.29 is 9.90 Å². The predicted octanol–water partition coefficient (Wildman–Crippen LogP) is 3.02. The minimum absolute atomic E-state index is 0.0150. The highest BCUT2D eigenvalue weighted by molar-refractivity contribution is 8.01. The summed E-state index contributed by atoms with van der Waals surface area (Å²) in [6.45, 7) is 3.62. The van der Waals surface area contributed by atoms with Gasteiger partial charge in [-0.2, -0.15) is 0 Å². The summed E-state index contributed by atoms with van der Waals surface area (Å²) in [6, 6.07) is 3.04. The summed E-state index contributed by atoms with van der Waals surface area (Å²) in [6.07, 6.45) is 0. The summed E-state index contributed by atoms with van der Waals surface area (Å²) in [5.41, 5.74) is 6.45. The van der Waals surface area contributed by atoms with Crippen LogP contribution in [0.1, 0.15) is 13.8 Å². The number of anilines is 2. The van der Waals surface area contributed by atoms with Gasteiger partial charge < -0.3 is 16.2 Å². The molecule has 106 valence electrons. The lowest BCUT2D eigenvalue weighted by atomic mass is 10.2. The number of aliphatic hydroxyl groups excluding tert-OH is 1. The number of nitrogen functional groups attached to an aromatic ring is 1. The Kier molecular flexibility index (Phi) is 6.26. The molecule has 0 bridgehead atoms. The Labute approximate surface area is 126 Å². The van der Waals surface area contributed by atoms with Crippen LogP contribution in [-0.2, 0) is 4.79 Å². The zero-order valence-electron chi connectivity index (χ0n) is 10.6. The topological polar surface area (TPSA) is 75.3 Å². The molecule has 2 atom stereocenters. The maximum Gasteiger partial charge on any atom is 0.237 e. The van der Waals surface area contributed by atoms with E-state index in [-0.39, 0.29) is 23.0 Å². The summed E-state index contributed by atoms with van der Waals surface area (Å²) < 4.78 is 0. The Morgan fingerprint density at radius 2 is 2.11 bits per heavy atom. The first kappa shape index (κ1) is 16.4. The normalized spacial score (nSPS) is 13.9. The molecule has 7 heteroatoms. The van der Waals surface area contributed by atoms with Crippen LogP contribution in [-0.4, -0.2) is 28.1 Å². The molecule has 0 aliphatic heterocycles. The van der Waals surface area contributed by atoms with E-state index in [1.807, 2.05) is 6.92 Å². The maximum absolute atomic E-state index is 12.0. The van der Waals surface area contributed by atoms with Crippen molar-refractivity contribution in [1.29, 1.82) is 0 Å². The number of hydrogen-bond acceptors (Lipinski definition) is 4. The third kappa shape index (κ3) is 4.76. The van der Waals surface area contributed by atoms with Crippen LogP contribution < -0.4 is 11.1 Å². The van der Waals surface area contributed by atoms with Crippen LogP contribution in [0.25, 0.3) is 0 Å². The number of rotatable bonds is 5. The Morgan fingerprint density at radius 3 is 2.63 bits per heavy atom. The lowest BCUT2D eigenvalue weighted by molar-refractivity contribution is -0.115. The van der Waals surface area contributed by atoms with Gasteiger partial charge >= 0.3 is 0 Å². The van der Waals surface area contributed by atoms with E-state index in [1.54, 1.807) is 6.92 Å². The number of amides is 1. The number of halogens is 2. The van der Waals surface area contributed by atoms with Crippen molar-refractivity contribution in [3.63, 3.8) is 0 Å². The number of carbonyl (C=O) groups excluding carboxylic acids is 1. The minimum atomic E-state index is -0.326. The number of hydrogen-bond donors (Lipinski definition) is 3. The Hall–Kier alpha value is -0.620. The number of nitrogens with one attached hydrogen (secondary N) is 1. The van der Waals surface area contributed by atoms with E-state index < -0.39 is 0 Å². The highest BCUT2D eigenvalue weighted by atomic mass is 35.5. The average molecular weight is 323 g/mol. The van der Waals surface area contributed by atoms with Crippen LogP contribution in [0.2, 0.25) is 10.0 Å². The lowest BCUT2D eigenvalue weighted by Crippen LogP contribution is -2.25. The van der Waals surface area contributed by atoms with E-state index in [0.29, 0.717) is 21.4 Å². The first-order valence-corrected chi connectivity index (χ1v) is 7.36. The third-order valence-electron chi connectivity index (χ3n) is 2.40. The Morgan fingerprint density at radius 1 is 1.47 bits per heavy atom. The van der Waals surface area contributed by atoms with Gasteiger partial charge in [0.05, 0.1) is 28.3 Å². The van der Waals surface area contributed by atoms with Crippen molar-refractivity contribution in [2.24, 2.45) is 0 Å². The van der Waals surface area contributed by atoms with Crippen molar-refractivity contribution in [1.82, 2.24) is 0 Å². The molecular weight excluding hydrogens is 307 g/mol. The first-order chi connectivity index (χ1) is 8.85. The third-order valence-corrected chi connectivity index (χ3v) is 4.15. The van der Waals surface area contributed by atoms with Gasteiger partial charge in [-0.25, -0.2) is 0 Å². The van der Waals surface area contributed by atoms with Gasteiger partial charge in [-0.3, -0.25) is 4.79 Å². The average Bonchev–Trinajstić information content (AvgIpc) is 2.32. The summed E-state index contributed by atoms with van der Waals surface area (Å²) in [4.78, 5) is 12.0.